The molecule has 0 aliphatic rings. The van der Waals surface area contributed by atoms with Crippen molar-refractivity contribution < 1.29 is 24.5 Å². The van der Waals surface area contributed by atoms with E-state index in [1.54, 1.807) is 0 Å². The van der Waals surface area contributed by atoms with Crippen molar-refractivity contribution in [3.05, 3.63) is 60.8 Å². The first-order chi connectivity index (χ1) is 32.5. The largest absolute Gasteiger partial charge is 0.462 e. The Morgan fingerprint density at radius 2 is 0.818 bits per heavy atom. The van der Waals surface area contributed by atoms with Gasteiger partial charge in [-0.2, -0.15) is 0 Å². The molecule has 6 heteroatoms. The Hall–Kier alpha value is -2.44. The first-order valence-electron chi connectivity index (χ1n) is 28.5. The number of rotatable bonds is 51. The summed E-state index contributed by atoms with van der Waals surface area (Å²) in [5.74, 6) is -0.520. The maximum absolute atomic E-state index is 13.2. The predicted molar refractivity (Wildman–Crippen MR) is 287 cm³/mol. The third-order valence-electron chi connectivity index (χ3n) is 12.9. The van der Waals surface area contributed by atoms with Crippen LogP contribution in [0.3, 0.4) is 0 Å². The number of allylic oxidation sites excluding steroid dienone is 10. The second kappa shape index (κ2) is 53.5. The lowest BCUT2D eigenvalue weighted by Gasteiger charge is -2.24. The van der Waals surface area contributed by atoms with Crippen molar-refractivity contribution in [1.82, 2.24) is 5.32 Å². The van der Waals surface area contributed by atoms with Crippen LogP contribution in [0.1, 0.15) is 284 Å². The minimum absolute atomic E-state index is 0.0401. The molecule has 1 amide bonds. The minimum atomic E-state index is -0.803. The molecule has 0 saturated heterocycles. The van der Waals surface area contributed by atoms with Crippen LogP contribution in [-0.2, 0) is 14.3 Å². The molecule has 0 radical (unpaired) electrons. The zero-order valence-corrected chi connectivity index (χ0v) is 43.8. The van der Waals surface area contributed by atoms with Crippen LogP contribution < -0.4 is 5.32 Å². The van der Waals surface area contributed by atoms with Gasteiger partial charge in [0.2, 0.25) is 5.91 Å². The fraction of sp³-hybridized carbons (Fsp3) is 0.800. The number of nitrogens with one attached hydrogen (secondary N) is 1. The summed E-state index contributed by atoms with van der Waals surface area (Å²) in [5, 5.41) is 23.8. The Morgan fingerprint density at radius 3 is 1.21 bits per heavy atom. The van der Waals surface area contributed by atoms with E-state index in [4.69, 9.17) is 4.74 Å². The summed E-state index contributed by atoms with van der Waals surface area (Å²) in [5.41, 5.74) is 0. The number of amides is 1. The fourth-order valence-corrected chi connectivity index (χ4v) is 8.58. The molecule has 0 saturated carbocycles. The highest BCUT2D eigenvalue weighted by atomic mass is 16.5. The van der Waals surface area contributed by atoms with E-state index < -0.39 is 18.2 Å². The molecule has 0 rings (SSSR count). The van der Waals surface area contributed by atoms with Gasteiger partial charge in [0.15, 0.2) is 0 Å². The van der Waals surface area contributed by atoms with Gasteiger partial charge in [0.1, 0.15) is 6.10 Å². The van der Waals surface area contributed by atoms with E-state index in [1.807, 2.05) is 0 Å². The quantitative estimate of drug-likeness (QED) is 0.0321. The van der Waals surface area contributed by atoms with Crippen molar-refractivity contribution in [2.24, 2.45) is 0 Å². The van der Waals surface area contributed by atoms with E-state index in [0.29, 0.717) is 19.3 Å². The van der Waals surface area contributed by atoms with Crippen molar-refractivity contribution in [3.8, 4) is 0 Å². The van der Waals surface area contributed by atoms with Crippen LogP contribution in [-0.4, -0.2) is 46.9 Å². The molecule has 384 valence electrons. The van der Waals surface area contributed by atoms with Gasteiger partial charge in [0, 0.05) is 6.42 Å². The average molecular weight is 925 g/mol. The molecule has 0 bridgehead atoms. The Labute approximate surface area is 409 Å². The maximum Gasteiger partial charge on any atom is 0.306 e. The number of esters is 1. The monoisotopic (exact) mass is 924 g/mol. The predicted octanol–water partition coefficient (Wildman–Crippen LogP) is 17.6. The van der Waals surface area contributed by atoms with Crippen molar-refractivity contribution in [2.45, 2.75) is 302 Å². The fourth-order valence-electron chi connectivity index (χ4n) is 8.58. The van der Waals surface area contributed by atoms with Gasteiger partial charge in [0.25, 0.3) is 0 Å². The van der Waals surface area contributed by atoms with Gasteiger partial charge in [-0.3, -0.25) is 9.59 Å². The zero-order valence-electron chi connectivity index (χ0n) is 43.8. The minimum Gasteiger partial charge on any atom is -0.462 e. The summed E-state index contributed by atoms with van der Waals surface area (Å²) in [7, 11) is 0. The number of aliphatic hydroxyl groups is 2. The first kappa shape index (κ1) is 63.6. The van der Waals surface area contributed by atoms with E-state index in [0.717, 1.165) is 83.5 Å². The highest BCUT2D eigenvalue weighted by molar-refractivity contribution is 5.77. The molecular formula is C60H109NO5. The van der Waals surface area contributed by atoms with Gasteiger partial charge < -0.3 is 20.3 Å². The summed E-state index contributed by atoms with van der Waals surface area (Å²) in [4.78, 5) is 26.3. The third kappa shape index (κ3) is 48.0. The molecule has 66 heavy (non-hydrogen) atoms. The normalized spacial score (nSPS) is 13.6. The van der Waals surface area contributed by atoms with Crippen molar-refractivity contribution in [2.75, 3.05) is 6.61 Å². The van der Waals surface area contributed by atoms with Crippen LogP contribution in [0.5, 0.6) is 0 Å². The number of carbonyl (C=O) groups excluding carboxylic acids is 2. The van der Waals surface area contributed by atoms with Crippen LogP contribution in [0.2, 0.25) is 0 Å². The molecule has 0 heterocycles. The molecule has 0 aromatic rings. The number of hydrogen-bond donors (Lipinski definition) is 3. The smallest absolute Gasteiger partial charge is 0.306 e. The standard InChI is InChI=1S/C60H109NO5/c1-4-7-10-13-16-19-22-25-27-29-31-34-36-39-42-45-48-51-56(66-60(65)53-50-47-44-41-38-35-32-30-28-26-23-20-17-14-11-8-5-2)54-59(64)61-57(55-62)58(63)52-49-46-43-40-37-33-24-21-18-15-12-9-6-3/h7,10,16,19,25,27,31,34,39,42,56-58,62-63H,4-6,8-9,11-15,17-18,20-24,26,28-30,32-33,35-38,40-41,43-55H2,1-3H3,(H,61,64)/b10-7-,19-16-,27-25-,34-31-,42-39-. The number of unbranched alkanes of at least 4 members (excludes halogenated alkanes) is 29. The van der Waals surface area contributed by atoms with E-state index in [2.05, 4.69) is 86.8 Å². The summed E-state index contributed by atoms with van der Waals surface area (Å²) >= 11 is 0. The van der Waals surface area contributed by atoms with E-state index in [-0.39, 0.29) is 24.9 Å². The molecule has 0 aromatic carbocycles. The lowest BCUT2D eigenvalue weighted by molar-refractivity contribution is -0.151. The summed E-state index contributed by atoms with van der Waals surface area (Å²) < 4.78 is 5.93. The highest BCUT2D eigenvalue weighted by Crippen LogP contribution is 2.18. The van der Waals surface area contributed by atoms with Crippen LogP contribution >= 0.6 is 0 Å². The molecule has 0 spiro atoms. The lowest BCUT2D eigenvalue weighted by atomic mass is 10.0. The molecule has 3 unspecified atom stereocenters. The summed E-state index contributed by atoms with van der Waals surface area (Å²) in [6.07, 6.45) is 67.2. The summed E-state index contributed by atoms with van der Waals surface area (Å²) in [6.45, 7) is 6.38. The van der Waals surface area contributed by atoms with E-state index >= 15 is 0 Å². The SMILES string of the molecule is CC/C=C\C/C=C\C/C=C\C/C=C\C/C=C\CCCC(CC(=O)NC(CO)C(O)CCCCCCCCCCCCCCC)OC(=O)CCCCCCCCCCCCCCCCCCC. The molecule has 3 atom stereocenters. The van der Waals surface area contributed by atoms with Gasteiger partial charge in [-0.15, -0.1) is 0 Å². The van der Waals surface area contributed by atoms with Gasteiger partial charge in [-0.05, 0) is 64.2 Å². The molecule has 0 fully saturated rings. The first-order valence-corrected chi connectivity index (χ1v) is 28.5. The molecule has 6 nitrogen and oxygen atoms in total. The Morgan fingerprint density at radius 1 is 0.455 bits per heavy atom. The number of carbonyl (C=O) groups is 2. The molecule has 0 aliphatic heterocycles. The molecule has 0 aromatic heterocycles. The van der Waals surface area contributed by atoms with Gasteiger partial charge in [0.05, 0.1) is 25.2 Å². The third-order valence-corrected chi connectivity index (χ3v) is 12.9. The van der Waals surface area contributed by atoms with Gasteiger partial charge >= 0.3 is 5.97 Å². The number of ether oxygens (including phenoxy) is 1. The van der Waals surface area contributed by atoms with Crippen molar-refractivity contribution in [3.63, 3.8) is 0 Å². The lowest BCUT2D eigenvalue weighted by Crippen LogP contribution is -2.46. The second-order valence-electron chi connectivity index (χ2n) is 19.3. The second-order valence-corrected chi connectivity index (χ2v) is 19.3. The topological polar surface area (TPSA) is 95.9 Å². The maximum atomic E-state index is 13.2. The summed E-state index contributed by atoms with van der Waals surface area (Å²) in [6, 6.07) is -0.720. The molecule has 3 N–H and O–H groups in total. The zero-order chi connectivity index (χ0) is 48.1. The Balaban J connectivity index is 4.64. The highest BCUT2D eigenvalue weighted by Gasteiger charge is 2.24. The van der Waals surface area contributed by atoms with E-state index in [1.165, 1.54) is 154 Å². The van der Waals surface area contributed by atoms with Crippen LogP contribution in [0.25, 0.3) is 0 Å². The Bertz CT molecular complexity index is 1170. The number of hydrogen-bond acceptors (Lipinski definition) is 5. The van der Waals surface area contributed by atoms with Gasteiger partial charge in [-0.1, -0.05) is 268 Å². The van der Waals surface area contributed by atoms with Crippen LogP contribution in [0.4, 0.5) is 0 Å². The molecule has 0 aliphatic carbocycles. The molecular weight excluding hydrogens is 815 g/mol. The number of aliphatic hydroxyl groups excluding tert-OH is 2. The van der Waals surface area contributed by atoms with Crippen molar-refractivity contribution >= 4 is 11.9 Å². The van der Waals surface area contributed by atoms with Crippen LogP contribution in [0, 0.1) is 0 Å². The average Bonchev–Trinajstić information content (AvgIpc) is 3.31. The van der Waals surface area contributed by atoms with E-state index in [9.17, 15) is 19.8 Å². The Kier molecular flexibility index (Phi) is 51.5. The van der Waals surface area contributed by atoms with Crippen LogP contribution in [0.15, 0.2) is 60.8 Å². The van der Waals surface area contributed by atoms with Crippen molar-refractivity contribution in [1.29, 1.82) is 0 Å². The van der Waals surface area contributed by atoms with Gasteiger partial charge in [-0.25, -0.2) is 0 Å².